The van der Waals surface area contributed by atoms with Crippen molar-refractivity contribution in [2.24, 2.45) is 5.92 Å². The Morgan fingerprint density at radius 3 is 2.65 bits per heavy atom. The Morgan fingerprint density at radius 1 is 1.45 bits per heavy atom. The Labute approximate surface area is 119 Å². The first kappa shape index (κ1) is 14.6. The molecule has 1 aliphatic carbocycles. The number of hydrogen-bond acceptors (Lipinski definition) is 4. The van der Waals surface area contributed by atoms with E-state index in [1.807, 2.05) is 31.1 Å². The lowest BCUT2D eigenvalue weighted by Gasteiger charge is -2.21. The fourth-order valence-corrected chi connectivity index (χ4v) is 1.94. The van der Waals surface area contributed by atoms with Gasteiger partial charge in [-0.1, -0.05) is 0 Å². The molecule has 2 N–H and O–H groups in total. The fourth-order valence-electron chi connectivity index (χ4n) is 1.94. The van der Waals surface area contributed by atoms with Crippen molar-refractivity contribution >= 4 is 17.5 Å². The van der Waals surface area contributed by atoms with Crippen molar-refractivity contribution in [1.82, 2.24) is 9.88 Å². The van der Waals surface area contributed by atoms with Crippen LogP contribution < -0.4 is 10.2 Å². The highest BCUT2D eigenvalue weighted by atomic mass is 16.3. The molecule has 1 aromatic rings. The summed E-state index contributed by atoms with van der Waals surface area (Å²) in [5, 5.41) is 12.6. The summed E-state index contributed by atoms with van der Waals surface area (Å²) in [6.45, 7) is 0.361. The first-order chi connectivity index (χ1) is 9.47. The van der Waals surface area contributed by atoms with E-state index in [0.717, 1.165) is 18.7 Å². The minimum absolute atomic E-state index is 0.232. The molecular formula is C14H22N4O2. The second-order valence-electron chi connectivity index (χ2n) is 5.51. The van der Waals surface area contributed by atoms with Crippen LogP contribution in [0.5, 0.6) is 0 Å². The van der Waals surface area contributed by atoms with E-state index in [1.165, 1.54) is 4.90 Å². The van der Waals surface area contributed by atoms with E-state index in [9.17, 15) is 9.90 Å². The molecule has 6 nitrogen and oxygen atoms in total. The summed E-state index contributed by atoms with van der Waals surface area (Å²) in [4.78, 5) is 19.6. The molecule has 1 saturated carbocycles. The number of likely N-dealkylation sites (N-methyl/N-ethyl adjacent to an activating group) is 1. The number of carbonyl (C=O) groups excluding carboxylic acids is 1. The summed E-state index contributed by atoms with van der Waals surface area (Å²) in [6.07, 6.45) is 3.33. The molecule has 0 spiro atoms. The van der Waals surface area contributed by atoms with Crippen LogP contribution in [0.15, 0.2) is 18.3 Å². The lowest BCUT2D eigenvalue weighted by molar-refractivity contribution is 0.117. The Morgan fingerprint density at radius 2 is 2.15 bits per heavy atom. The van der Waals surface area contributed by atoms with Gasteiger partial charge in [0.25, 0.3) is 0 Å². The molecule has 0 bridgehead atoms. The van der Waals surface area contributed by atoms with Crippen molar-refractivity contribution in [3.8, 4) is 0 Å². The number of nitrogens with one attached hydrogen (secondary N) is 1. The second-order valence-corrected chi connectivity index (χ2v) is 5.51. The molecule has 0 aliphatic heterocycles. The molecule has 0 aromatic carbocycles. The van der Waals surface area contributed by atoms with Crippen LogP contribution in [-0.4, -0.2) is 54.8 Å². The standard InChI is InChI=1S/C14H22N4O2/c1-17(2)13-7-6-11(8-15-13)16-14(20)18(3)9-12(19)10-4-5-10/h6-8,10,12,19H,4-5,9H2,1-3H3,(H,16,20). The van der Waals surface area contributed by atoms with Gasteiger partial charge in [-0.05, 0) is 30.9 Å². The molecule has 1 aliphatic rings. The summed E-state index contributed by atoms with van der Waals surface area (Å²) >= 11 is 0. The predicted molar refractivity (Wildman–Crippen MR) is 78.9 cm³/mol. The molecule has 6 heteroatoms. The quantitative estimate of drug-likeness (QED) is 0.854. The first-order valence-corrected chi connectivity index (χ1v) is 6.81. The Hall–Kier alpha value is -1.82. The maximum atomic E-state index is 12.0. The molecule has 1 heterocycles. The fraction of sp³-hybridized carbons (Fsp3) is 0.571. The minimum atomic E-state index is -0.417. The molecule has 2 rings (SSSR count). The number of aromatic nitrogens is 1. The molecule has 0 radical (unpaired) electrons. The zero-order valence-electron chi connectivity index (χ0n) is 12.2. The van der Waals surface area contributed by atoms with Gasteiger partial charge in [-0.3, -0.25) is 0 Å². The van der Waals surface area contributed by atoms with Gasteiger partial charge in [0.2, 0.25) is 0 Å². The van der Waals surface area contributed by atoms with E-state index in [2.05, 4.69) is 10.3 Å². The Balaban J connectivity index is 1.86. The van der Waals surface area contributed by atoms with Gasteiger partial charge in [0.15, 0.2) is 0 Å². The average Bonchev–Trinajstić information content (AvgIpc) is 3.23. The second kappa shape index (κ2) is 6.09. The number of urea groups is 1. The molecule has 1 atom stereocenters. The SMILES string of the molecule is CN(CC(O)C1CC1)C(=O)Nc1ccc(N(C)C)nc1. The van der Waals surface area contributed by atoms with E-state index >= 15 is 0 Å². The predicted octanol–water partition coefficient (Wildman–Crippen LogP) is 1.38. The smallest absolute Gasteiger partial charge is 0.321 e. The van der Waals surface area contributed by atoms with Gasteiger partial charge in [0.1, 0.15) is 5.82 Å². The van der Waals surface area contributed by atoms with E-state index in [0.29, 0.717) is 18.2 Å². The number of anilines is 2. The van der Waals surface area contributed by atoms with Crippen LogP contribution in [0.3, 0.4) is 0 Å². The zero-order valence-corrected chi connectivity index (χ0v) is 12.2. The molecule has 0 saturated heterocycles. The van der Waals surface area contributed by atoms with Gasteiger partial charge in [0, 0.05) is 27.7 Å². The number of nitrogens with zero attached hydrogens (tertiary/aromatic N) is 3. The highest BCUT2D eigenvalue weighted by Crippen LogP contribution is 2.32. The summed E-state index contributed by atoms with van der Waals surface area (Å²) < 4.78 is 0. The van der Waals surface area contributed by atoms with Gasteiger partial charge in [-0.15, -0.1) is 0 Å². The van der Waals surface area contributed by atoms with E-state index in [1.54, 1.807) is 13.2 Å². The van der Waals surface area contributed by atoms with E-state index < -0.39 is 6.10 Å². The van der Waals surface area contributed by atoms with Crippen molar-refractivity contribution in [2.75, 3.05) is 37.9 Å². The largest absolute Gasteiger partial charge is 0.391 e. The highest BCUT2D eigenvalue weighted by molar-refractivity contribution is 5.89. The van der Waals surface area contributed by atoms with Crippen LogP contribution >= 0.6 is 0 Å². The molecule has 1 aromatic heterocycles. The van der Waals surface area contributed by atoms with Crippen LogP contribution in [0.4, 0.5) is 16.3 Å². The molecule has 110 valence electrons. The number of aliphatic hydroxyl groups is 1. The van der Waals surface area contributed by atoms with E-state index in [4.69, 9.17) is 0 Å². The van der Waals surface area contributed by atoms with Gasteiger partial charge in [0.05, 0.1) is 18.0 Å². The topological polar surface area (TPSA) is 68.7 Å². The van der Waals surface area contributed by atoms with Crippen LogP contribution in [0.1, 0.15) is 12.8 Å². The number of carbonyl (C=O) groups is 1. The number of aliphatic hydroxyl groups excluding tert-OH is 1. The van der Waals surface area contributed by atoms with Gasteiger partial charge < -0.3 is 20.2 Å². The number of hydrogen-bond donors (Lipinski definition) is 2. The third-order valence-corrected chi connectivity index (χ3v) is 3.43. The van der Waals surface area contributed by atoms with Crippen LogP contribution in [0.25, 0.3) is 0 Å². The summed E-state index contributed by atoms with van der Waals surface area (Å²) in [6, 6.07) is 3.42. The third kappa shape index (κ3) is 3.84. The maximum absolute atomic E-state index is 12.0. The van der Waals surface area contributed by atoms with Gasteiger partial charge in [-0.2, -0.15) is 0 Å². The van der Waals surface area contributed by atoms with Crippen LogP contribution in [0.2, 0.25) is 0 Å². The first-order valence-electron chi connectivity index (χ1n) is 6.81. The Bertz CT molecular complexity index is 457. The number of pyridine rings is 1. The number of amides is 2. The molecule has 1 unspecified atom stereocenters. The Kier molecular flexibility index (Phi) is 4.44. The van der Waals surface area contributed by atoms with Crippen molar-refractivity contribution in [3.05, 3.63) is 18.3 Å². The third-order valence-electron chi connectivity index (χ3n) is 3.43. The average molecular weight is 278 g/mol. The zero-order chi connectivity index (χ0) is 14.7. The molecule has 20 heavy (non-hydrogen) atoms. The molecule has 2 amide bonds. The molecular weight excluding hydrogens is 256 g/mol. The maximum Gasteiger partial charge on any atom is 0.321 e. The lowest BCUT2D eigenvalue weighted by atomic mass is 10.2. The summed E-state index contributed by atoms with van der Waals surface area (Å²) in [7, 11) is 5.50. The van der Waals surface area contributed by atoms with Crippen molar-refractivity contribution in [2.45, 2.75) is 18.9 Å². The van der Waals surface area contributed by atoms with Crippen molar-refractivity contribution in [1.29, 1.82) is 0 Å². The molecule has 1 fully saturated rings. The lowest BCUT2D eigenvalue weighted by Crippen LogP contribution is -2.38. The number of rotatable bonds is 5. The minimum Gasteiger partial charge on any atom is -0.391 e. The van der Waals surface area contributed by atoms with Crippen molar-refractivity contribution < 1.29 is 9.90 Å². The monoisotopic (exact) mass is 278 g/mol. The summed E-state index contributed by atoms with van der Waals surface area (Å²) in [5.74, 6) is 1.20. The highest BCUT2D eigenvalue weighted by Gasteiger charge is 2.31. The van der Waals surface area contributed by atoms with Crippen LogP contribution in [0, 0.1) is 5.92 Å². The summed E-state index contributed by atoms with van der Waals surface area (Å²) in [5.41, 5.74) is 0.647. The van der Waals surface area contributed by atoms with E-state index in [-0.39, 0.29) is 6.03 Å². The normalized spacial score (nSPS) is 15.6. The van der Waals surface area contributed by atoms with Gasteiger partial charge in [-0.25, -0.2) is 9.78 Å². The van der Waals surface area contributed by atoms with Gasteiger partial charge >= 0.3 is 6.03 Å². The van der Waals surface area contributed by atoms with Crippen LogP contribution in [-0.2, 0) is 0 Å². The van der Waals surface area contributed by atoms with Crippen molar-refractivity contribution in [3.63, 3.8) is 0 Å².